The molecule has 2 aromatic carbocycles. The van der Waals surface area contributed by atoms with Gasteiger partial charge in [-0.2, -0.15) is 5.10 Å². The fraction of sp³-hybridized carbons (Fsp3) is 0. The van der Waals surface area contributed by atoms with Gasteiger partial charge in [0.25, 0.3) is 5.91 Å². The lowest BCUT2D eigenvalue weighted by atomic mass is 10.1. The van der Waals surface area contributed by atoms with Crippen LogP contribution in [0.3, 0.4) is 0 Å². The molecule has 3 rings (SSSR count). The number of carbonyl (C=O) groups excluding carboxylic acids is 1. The molecule has 0 atom stereocenters. The Morgan fingerprint density at radius 2 is 1.70 bits per heavy atom. The Kier molecular flexibility index (Phi) is 4.29. The Bertz CT molecular complexity index is 841. The number of hydrogen-bond donors (Lipinski definition) is 1. The van der Waals surface area contributed by atoms with Crippen LogP contribution in [0.2, 0.25) is 0 Å². The molecule has 1 heterocycles. The highest BCUT2D eigenvalue weighted by atomic mass is 19.1. The number of carbonyl (C=O) groups is 1. The highest BCUT2D eigenvalue weighted by Crippen LogP contribution is 2.14. The Balaban J connectivity index is 1.78. The van der Waals surface area contributed by atoms with Crippen molar-refractivity contribution in [1.82, 2.24) is 9.99 Å². The zero-order valence-electron chi connectivity index (χ0n) is 12.2. The topological polar surface area (TPSA) is 46.4 Å². The van der Waals surface area contributed by atoms with Gasteiger partial charge < -0.3 is 4.57 Å². The van der Waals surface area contributed by atoms with Gasteiger partial charge in [-0.1, -0.05) is 30.3 Å². The average Bonchev–Trinajstić information content (AvgIpc) is 3.11. The third-order valence-electron chi connectivity index (χ3n) is 3.31. The van der Waals surface area contributed by atoms with E-state index in [-0.39, 0.29) is 5.91 Å². The van der Waals surface area contributed by atoms with Crippen LogP contribution in [0, 0.1) is 5.82 Å². The number of benzene rings is 2. The molecule has 4 nitrogen and oxygen atoms in total. The van der Waals surface area contributed by atoms with Gasteiger partial charge in [-0.05, 0) is 30.3 Å². The number of nitrogens with zero attached hydrogens (tertiary/aromatic N) is 2. The van der Waals surface area contributed by atoms with E-state index in [1.165, 1.54) is 12.3 Å². The standard InChI is InChI=1S/C18H14FN3O/c19-16-9-3-1-7-14(16)13-20-21-18(23)15-8-2-4-10-17(15)22-11-5-6-12-22/h1-13H,(H,21,23). The molecule has 23 heavy (non-hydrogen) atoms. The summed E-state index contributed by atoms with van der Waals surface area (Å²) in [5, 5.41) is 3.83. The fourth-order valence-corrected chi connectivity index (χ4v) is 2.19. The van der Waals surface area contributed by atoms with Crippen molar-refractivity contribution < 1.29 is 9.18 Å². The van der Waals surface area contributed by atoms with Gasteiger partial charge in [0, 0.05) is 18.0 Å². The minimum atomic E-state index is -0.391. The molecule has 0 spiro atoms. The van der Waals surface area contributed by atoms with E-state index in [9.17, 15) is 9.18 Å². The van der Waals surface area contributed by atoms with E-state index in [1.807, 2.05) is 41.2 Å². The van der Waals surface area contributed by atoms with Gasteiger partial charge in [-0.15, -0.1) is 0 Å². The predicted octanol–water partition coefficient (Wildman–Crippen LogP) is 3.38. The first kappa shape index (κ1) is 14.7. The third kappa shape index (κ3) is 3.35. The maximum Gasteiger partial charge on any atom is 0.273 e. The summed E-state index contributed by atoms with van der Waals surface area (Å²) in [6.45, 7) is 0. The largest absolute Gasteiger partial charge is 0.323 e. The average molecular weight is 307 g/mol. The molecule has 0 aliphatic rings. The van der Waals surface area contributed by atoms with Gasteiger partial charge in [0.05, 0.1) is 17.5 Å². The molecule has 0 fully saturated rings. The van der Waals surface area contributed by atoms with Crippen molar-refractivity contribution in [2.45, 2.75) is 0 Å². The quantitative estimate of drug-likeness (QED) is 0.583. The van der Waals surface area contributed by atoms with E-state index in [1.54, 1.807) is 30.3 Å². The van der Waals surface area contributed by atoms with Gasteiger partial charge in [0.15, 0.2) is 0 Å². The second kappa shape index (κ2) is 6.70. The zero-order chi connectivity index (χ0) is 16.1. The monoisotopic (exact) mass is 307 g/mol. The second-order valence-electron chi connectivity index (χ2n) is 4.83. The Labute approximate surface area is 132 Å². The summed E-state index contributed by atoms with van der Waals surface area (Å²) in [4.78, 5) is 12.3. The zero-order valence-corrected chi connectivity index (χ0v) is 12.2. The summed E-state index contributed by atoms with van der Waals surface area (Å²) in [6, 6.07) is 17.2. The summed E-state index contributed by atoms with van der Waals surface area (Å²) in [5.74, 6) is -0.750. The van der Waals surface area contributed by atoms with Crippen LogP contribution >= 0.6 is 0 Å². The van der Waals surface area contributed by atoms with E-state index in [2.05, 4.69) is 10.5 Å². The minimum Gasteiger partial charge on any atom is -0.323 e. The van der Waals surface area contributed by atoms with Gasteiger partial charge in [0.1, 0.15) is 5.82 Å². The minimum absolute atomic E-state index is 0.312. The van der Waals surface area contributed by atoms with Gasteiger partial charge in [-0.3, -0.25) is 4.79 Å². The first-order valence-corrected chi connectivity index (χ1v) is 7.06. The van der Waals surface area contributed by atoms with Crippen LogP contribution in [0.4, 0.5) is 4.39 Å². The molecule has 0 saturated carbocycles. The lowest BCUT2D eigenvalue weighted by molar-refractivity contribution is 0.0955. The molecular formula is C18H14FN3O. The Morgan fingerprint density at radius 1 is 1.00 bits per heavy atom. The number of amides is 1. The number of hydrazone groups is 1. The van der Waals surface area contributed by atoms with Crippen LogP contribution in [0.15, 0.2) is 78.2 Å². The highest BCUT2D eigenvalue weighted by molar-refractivity contribution is 5.98. The molecule has 0 bridgehead atoms. The molecule has 0 saturated heterocycles. The van der Waals surface area contributed by atoms with Gasteiger partial charge in [-0.25, -0.2) is 9.82 Å². The predicted molar refractivity (Wildman–Crippen MR) is 87.2 cm³/mol. The number of halogens is 1. The van der Waals surface area contributed by atoms with Crippen LogP contribution in [-0.2, 0) is 0 Å². The summed E-state index contributed by atoms with van der Waals surface area (Å²) >= 11 is 0. The SMILES string of the molecule is O=C(NN=Cc1ccccc1F)c1ccccc1-n1cccc1. The van der Waals surface area contributed by atoms with Crippen molar-refractivity contribution in [2.24, 2.45) is 5.10 Å². The third-order valence-corrected chi connectivity index (χ3v) is 3.31. The molecule has 1 N–H and O–H groups in total. The van der Waals surface area contributed by atoms with Crippen LogP contribution in [-0.4, -0.2) is 16.7 Å². The first-order chi connectivity index (χ1) is 11.3. The van der Waals surface area contributed by atoms with E-state index >= 15 is 0 Å². The van der Waals surface area contributed by atoms with Crippen molar-refractivity contribution in [2.75, 3.05) is 0 Å². The summed E-state index contributed by atoms with van der Waals surface area (Å²) < 4.78 is 15.3. The Hall–Kier alpha value is -3.21. The number of hydrogen-bond acceptors (Lipinski definition) is 2. The number of aromatic nitrogens is 1. The Morgan fingerprint density at radius 3 is 2.48 bits per heavy atom. The van der Waals surface area contributed by atoms with Gasteiger partial charge in [0.2, 0.25) is 0 Å². The molecule has 0 unspecified atom stereocenters. The molecule has 0 radical (unpaired) electrons. The number of nitrogens with one attached hydrogen (secondary N) is 1. The molecule has 0 aliphatic carbocycles. The van der Waals surface area contributed by atoms with E-state index in [0.717, 1.165) is 5.69 Å². The number of rotatable bonds is 4. The molecule has 0 aliphatic heterocycles. The highest BCUT2D eigenvalue weighted by Gasteiger charge is 2.10. The van der Waals surface area contributed by atoms with Crippen LogP contribution in [0.25, 0.3) is 5.69 Å². The molecular weight excluding hydrogens is 293 g/mol. The summed E-state index contributed by atoms with van der Waals surface area (Å²) in [5.41, 5.74) is 3.97. The van der Waals surface area contributed by atoms with E-state index in [0.29, 0.717) is 11.1 Å². The second-order valence-corrected chi connectivity index (χ2v) is 4.83. The van der Waals surface area contributed by atoms with Crippen molar-refractivity contribution in [1.29, 1.82) is 0 Å². The molecule has 1 aromatic heterocycles. The van der Waals surface area contributed by atoms with Crippen molar-refractivity contribution >= 4 is 12.1 Å². The maximum atomic E-state index is 13.5. The molecule has 1 amide bonds. The maximum absolute atomic E-state index is 13.5. The van der Waals surface area contributed by atoms with Crippen molar-refractivity contribution in [3.63, 3.8) is 0 Å². The number of para-hydroxylation sites is 1. The summed E-state index contributed by atoms with van der Waals surface area (Å²) in [7, 11) is 0. The van der Waals surface area contributed by atoms with Crippen molar-refractivity contribution in [3.05, 3.63) is 90.0 Å². The van der Waals surface area contributed by atoms with E-state index < -0.39 is 5.82 Å². The van der Waals surface area contributed by atoms with E-state index in [4.69, 9.17) is 0 Å². The van der Waals surface area contributed by atoms with Gasteiger partial charge >= 0.3 is 0 Å². The molecule has 3 aromatic rings. The van der Waals surface area contributed by atoms with Crippen molar-refractivity contribution in [3.8, 4) is 5.69 Å². The molecule has 114 valence electrons. The lowest BCUT2D eigenvalue weighted by Crippen LogP contribution is -2.19. The first-order valence-electron chi connectivity index (χ1n) is 7.06. The molecule has 5 heteroatoms. The fourth-order valence-electron chi connectivity index (χ4n) is 2.19. The smallest absolute Gasteiger partial charge is 0.273 e. The van der Waals surface area contributed by atoms with Crippen LogP contribution in [0.5, 0.6) is 0 Å². The summed E-state index contributed by atoms with van der Waals surface area (Å²) in [6.07, 6.45) is 4.99. The van der Waals surface area contributed by atoms with Crippen LogP contribution in [0.1, 0.15) is 15.9 Å². The van der Waals surface area contributed by atoms with Crippen LogP contribution < -0.4 is 5.43 Å². The lowest BCUT2D eigenvalue weighted by Gasteiger charge is -2.09. The normalized spacial score (nSPS) is 10.8.